The van der Waals surface area contributed by atoms with Crippen molar-refractivity contribution in [1.29, 1.82) is 0 Å². The molecule has 0 fully saturated rings. The number of ether oxygens (including phenoxy) is 2. The van der Waals surface area contributed by atoms with Crippen molar-refractivity contribution in [3.63, 3.8) is 0 Å². The Morgan fingerprint density at radius 1 is 1.00 bits per heavy atom. The molecule has 3 aromatic rings. The fourth-order valence-electron chi connectivity index (χ4n) is 3.70. The van der Waals surface area contributed by atoms with E-state index in [1.165, 1.54) is 0 Å². The summed E-state index contributed by atoms with van der Waals surface area (Å²) in [6, 6.07) is 17.3. The van der Waals surface area contributed by atoms with Crippen LogP contribution >= 0.6 is 23.4 Å². The van der Waals surface area contributed by atoms with Crippen molar-refractivity contribution in [3.8, 4) is 11.5 Å². The van der Waals surface area contributed by atoms with Gasteiger partial charge in [-0.05, 0) is 66.9 Å². The van der Waals surface area contributed by atoms with E-state index in [1.807, 2.05) is 54.6 Å². The fraction of sp³-hybridized carbons (Fsp3) is 0.231. The first-order chi connectivity index (χ1) is 16.0. The molecular formula is C26H25ClN2O3S. The predicted molar refractivity (Wildman–Crippen MR) is 134 cm³/mol. The van der Waals surface area contributed by atoms with Gasteiger partial charge in [0.25, 0.3) is 5.91 Å². The number of hydrogen-bond donors (Lipinski definition) is 1. The zero-order valence-corrected chi connectivity index (χ0v) is 20.3. The number of carbonyl (C=O) groups is 1. The van der Waals surface area contributed by atoms with Crippen molar-refractivity contribution >= 4 is 40.7 Å². The summed E-state index contributed by atoms with van der Waals surface area (Å²) in [4.78, 5) is 19.8. The van der Waals surface area contributed by atoms with Crippen LogP contribution in [0.5, 0.6) is 11.5 Å². The third-order valence-electron chi connectivity index (χ3n) is 5.43. The topological polar surface area (TPSA) is 59.9 Å². The van der Waals surface area contributed by atoms with Gasteiger partial charge in [0, 0.05) is 38.2 Å². The minimum atomic E-state index is -0.124. The van der Waals surface area contributed by atoms with E-state index >= 15 is 0 Å². The van der Waals surface area contributed by atoms with Crippen molar-refractivity contribution in [2.45, 2.75) is 29.6 Å². The average Bonchev–Trinajstić information content (AvgIpc) is 2.99. The van der Waals surface area contributed by atoms with E-state index in [0.29, 0.717) is 35.1 Å². The average molecular weight is 481 g/mol. The van der Waals surface area contributed by atoms with E-state index in [2.05, 4.69) is 12.2 Å². The fourth-order valence-corrected chi connectivity index (χ4v) is 4.88. The smallest absolute Gasteiger partial charge is 0.251 e. The van der Waals surface area contributed by atoms with E-state index in [1.54, 1.807) is 26.0 Å². The van der Waals surface area contributed by atoms with Gasteiger partial charge in [0.1, 0.15) is 0 Å². The lowest BCUT2D eigenvalue weighted by Gasteiger charge is -2.11. The summed E-state index contributed by atoms with van der Waals surface area (Å²) >= 11 is 7.87. The Bertz CT molecular complexity index is 1230. The monoisotopic (exact) mass is 480 g/mol. The maximum atomic E-state index is 12.8. The Morgan fingerprint density at radius 3 is 2.55 bits per heavy atom. The molecule has 0 aliphatic carbocycles. The summed E-state index contributed by atoms with van der Waals surface area (Å²) in [6.07, 6.45) is 1.45. The lowest BCUT2D eigenvalue weighted by atomic mass is 10.1. The molecule has 1 heterocycles. The SMILES string of the molecule is CCC1=Nc2cc(C(=O)NCCc3ccc(OC)c(OC)c3)ccc2Sc2ccc(Cl)cc21. The van der Waals surface area contributed by atoms with Crippen LogP contribution < -0.4 is 14.8 Å². The highest BCUT2D eigenvalue weighted by atomic mass is 35.5. The van der Waals surface area contributed by atoms with E-state index in [-0.39, 0.29) is 5.91 Å². The Labute approximate surface area is 203 Å². The molecule has 1 aliphatic rings. The number of methoxy groups -OCH3 is 2. The molecule has 5 nitrogen and oxygen atoms in total. The van der Waals surface area contributed by atoms with Crippen LogP contribution in [0.15, 0.2) is 69.4 Å². The van der Waals surface area contributed by atoms with Crippen LogP contribution in [0.3, 0.4) is 0 Å². The van der Waals surface area contributed by atoms with Gasteiger partial charge in [-0.2, -0.15) is 0 Å². The summed E-state index contributed by atoms with van der Waals surface area (Å²) in [5, 5.41) is 3.69. The van der Waals surface area contributed by atoms with E-state index < -0.39 is 0 Å². The third kappa shape index (κ3) is 5.18. The highest BCUT2D eigenvalue weighted by Crippen LogP contribution is 2.41. The molecule has 3 aromatic carbocycles. The lowest BCUT2D eigenvalue weighted by molar-refractivity contribution is 0.0954. The number of benzene rings is 3. The number of carbonyl (C=O) groups excluding carboxylic acids is 1. The summed E-state index contributed by atoms with van der Waals surface area (Å²) in [5.41, 5.74) is 4.46. The van der Waals surface area contributed by atoms with Crippen molar-refractivity contribution in [2.24, 2.45) is 4.99 Å². The van der Waals surface area contributed by atoms with Crippen molar-refractivity contribution in [2.75, 3.05) is 20.8 Å². The molecule has 0 saturated heterocycles. The number of aliphatic imine (C=N–C) groups is 1. The van der Waals surface area contributed by atoms with Gasteiger partial charge in [-0.3, -0.25) is 9.79 Å². The van der Waals surface area contributed by atoms with E-state index in [9.17, 15) is 4.79 Å². The first-order valence-corrected chi connectivity index (χ1v) is 11.9. The maximum Gasteiger partial charge on any atom is 0.251 e. The Kier molecular flexibility index (Phi) is 7.26. The van der Waals surface area contributed by atoms with Crippen LogP contribution in [-0.2, 0) is 6.42 Å². The predicted octanol–water partition coefficient (Wildman–Crippen LogP) is 6.33. The Hall–Kier alpha value is -2.96. The van der Waals surface area contributed by atoms with Gasteiger partial charge in [-0.25, -0.2) is 0 Å². The Morgan fingerprint density at radius 2 is 1.79 bits per heavy atom. The summed E-state index contributed by atoms with van der Waals surface area (Å²) < 4.78 is 10.6. The van der Waals surface area contributed by atoms with Crippen LogP contribution in [0.25, 0.3) is 0 Å². The number of hydrogen-bond acceptors (Lipinski definition) is 5. The van der Waals surface area contributed by atoms with Gasteiger partial charge >= 0.3 is 0 Å². The Balaban J connectivity index is 1.48. The third-order valence-corrected chi connectivity index (χ3v) is 6.81. The molecule has 33 heavy (non-hydrogen) atoms. The highest BCUT2D eigenvalue weighted by Gasteiger charge is 2.18. The lowest BCUT2D eigenvalue weighted by Crippen LogP contribution is -2.25. The second-order valence-electron chi connectivity index (χ2n) is 7.53. The first-order valence-electron chi connectivity index (χ1n) is 10.7. The number of rotatable bonds is 7. The van der Waals surface area contributed by atoms with Crippen LogP contribution in [0.4, 0.5) is 5.69 Å². The molecule has 7 heteroatoms. The van der Waals surface area contributed by atoms with E-state index in [4.69, 9.17) is 26.1 Å². The zero-order valence-electron chi connectivity index (χ0n) is 18.8. The minimum absolute atomic E-state index is 0.124. The second kappa shape index (κ2) is 10.3. The molecule has 1 amide bonds. The molecule has 0 saturated carbocycles. The number of fused-ring (bicyclic) bond motifs is 2. The quantitative estimate of drug-likeness (QED) is 0.429. The van der Waals surface area contributed by atoms with Crippen LogP contribution in [0.2, 0.25) is 5.02 Å². The number of nitrogens with zero attached hydrogens (tertiary/aromatic N) is 1. The first kappa shape index (κ1) is 23.2. The van der Waals surface area contributed by atoms with Gasteiger partial charge in [0.2, 0.25) is 0 Å². The van der Waals surface area contributed by atoms with Crippen LogP contribution in [0.1, 0.15) is 34.8 Å². The maximum absolute atomic E-state index is 12.8. The number of amides is 1. The van der Waals surface area contributed by atoms with Gasteiger partial charge in [0.05, 0.1) is 19.9 Å². The zero-order chi connectivity index (χ0) is 23.4. The molecule has 0 spiro atoms. The molecule has 0 unspecified atom stereocenters. The van der Waals surface area contributed by atoms with Crippen molar-refractivity contribution in [1.82, 2.24) is 5.32 Å². The number of nitrogens with one attached hydrogen (secondary N) is 1. The summed E-state index contributed by atoms with van der Waals surface area (Å²) in [5.74, 6) is 1.24. The normalized spacial score (nSPS) is 12.2. The largest absolute Gasteiger partial charge is 0.493 e. The molecule has 1 aliphatic heterocycles. The van der Waals surface area contributed by atoms with Gasteiger partial charge < -0.3 is 14.8 Å². The van der Waals surface area contributed by atoms with E-state index in [0.717, 1.165) is 38.7 Å². The van der Waals surface area contributed by atoms with Crippen molar-refractivity contribution < 1.29 is 14.3 Å². The summed E-state index contributed by atoms with van der Waals surface area (Å²) in [7, 11) is 3.22. The summed E-state index contributed by atoms with van der Waals surface area (Å²) in [6.45, 7) is 2.58. The van der Waals surface area contributed by atoms with Gasteiger partial charge in [0.15, 0.2) is 11.5 Å². The van der Waals surface area contributed by atoms with Crippen LogP contribution in [0, 0.1) is 0 Å². The van der Waals surface area contributed by atoms with Gasteiger partial charge in [-0.15, -0.1) is 0 Å². The molecule has 0 atom stereocenters. The van der Waals surface area contributed by atoms with Gasteiger partial charge in [-0.1, -0.05) is 36.4 Å². The molecule has 170 valence electrons. The molecule has 0 aromatic heterocycles. The highest BCUT2D eigenvalue weighted by molar-refractivity contribution is 7.99. The van der Waals surface area contributed by atoms with Crippen LogP contribution in [-0.4, -0.2) is 32.4 Å². The number of halogens is 1. The molecule has 0 bridgehead atoms. The molecule has 0 radical (unpaired) electrons. The molecular weight excluding hydrogens is 456 g/mol. The minimum Gasteiger partial charge on any atom is -0.493 e. The molecule has 1 N–H and O–H groups in total. The van der Waals surface area contributed by atoms with Crippen molar-refractivity contribution in [3.05, 3.63) is 76.3 Å². The second-order valence-corrected chi connectivity index (χ2v) is 9.05. The molecule has 4 rings (SSSR count). The standard InChI is InChI=1S/C26H25ClN2O3S/c1-4-20-19-15-18(27)7-10-24(19)33-25-9-6-17(14-21(25)29-20)26(30)28-12-11-16-5-8-22(31-2)23(13-16)32-3/h5-10,13-15H,4,11-12H2,1-3H3,(H,28,30).